The zero-order valence-electron chi connectivity index (χ0n) is 12.8. The van der Waals surface area contributed by atoms with E-state index < -0.39 is 0 Å². The molecule has 1 heterocycles. The third kappa shape index (κ3) is 3.70. The monoisotopic (exact) mass is 272 g/mol. The van der Waals surface area contributed by atoms with E-state index in [1.165, 1.54) is 0 Å². The molecular weight excluding hydrogens is 248 g/mol. The van der Waals surface area contributed by atoms with Crippen molar-refractivity contribution in [3.63, 3.8) is 0 Å². The van der Waals surface area contributed by atoms with Gasteiger partial charge in [-0.2, -0.15) is 0 Å². The summed E-state index contributed by atoms with van der Waals surface area (Å²) in [5.41, 5.74) is 2.12. The van der Waals surface area contributed by atoms with E-state index >= 15 is 0 Å². The first kappa shape index (κ1) is 14.8. The molecule has 1 aromatic carbocycles. The fourth-order valence-electron chi connectivity index (χ4n) is 2.45. The largest absolute Gasteiger partial charge is 0.374 e. The van der Waals surface area contributed by atoms with Crippen molar-refractivity contribution in [2.24, 2.45) is 5.92 Å². The van der Waals surface area contributed by atoms with Crippen molar-refractivity contribution in [1.82, 2.24) is 4.98 Å². The van der Waals surface area contributed by atoms with Crippen LogP contribution in [0.2, 0.25) is 0 Å². The van der Waals surface area contributed by atoms with Gasteiger partial charge in [-0.15, -0.1) is 0 Å². The van der Waals surface area contributed by atoms with Crippen molar-refractivity contribution >= 4 is 16.7 Å². The molecular formula is C17H24N2O. The Morgan fingerprint density at radius 1 is 1.20 bits per heavy atom. The van der Waals surface area contributed by atoms with Crippen LogP contribution in [0.3, 0.4) is 0 Å². The number of fused-ring (bicyclic) bond motifs is 1. The Labute approximate surface area is 121 Å². The smallest absolute Gasteiger partial charge is 0.131 e. The average molecular weight is 272 g/mol. The lowest BCUT2D eigenvalue weighted by Crippen LogP contribution is -2.12. The number of benzene rings is 1. The van der Waals surface area contributed by atoms with Gasteiger partial charge < -0.3 is 10.1 Å². The number of hydrogen-bond donors (Lipinski definition) is 1. The predicted molar refractivity (Wildman–Crippen MR) is 85.0 cm³/mol. The lowest BCUT2D eigenvalue weighted by molar-refractivity contribution is 0.0399. The lowest BCUT2D eigenvalue weighted by atomic mass is 10.1. The van der Waals surface area contributed by atoms with Gasteiger partial charge in [0.2, 0.25) is 0 Å². The summed E-state index contributed by atoms with van der Waals surface area (Å²) < 4.78 is 5.95. The maximum atomic E-state index is 5.95. The number of para-hydroxylation sites is 1. The molecule has 0 fully saturated rings. The number of nitrogens with one attached hydrogen (secondary N) is 1. The molecule has 3 heteroatoms. The van der Waals surface area contributed by atoms with E-state index in [1.807, 2.05) is 25.2 Å². The van der Waals surface area contributed by atoms with E-state index in [0.29, 0.717) is 12.5 Å². The minimum atomic E-state index is 0.270. The van der Waals surface area contributed by atoms with E-state index in [9.17, 15) is 0 Å². The van der Waals surface area contributed by atoms with Gasteiger partial charge in [-0.25, -0.2) is 4.98 Å². The number of rotatable bonds is 6. The zero-order valence-corrected chi connectivity index (χ0v) is 12.8. The highest BCUT2D eigenvalue weighted by molar-refractivity contribution is 5.81. The molecule has 2 rings (SSSR count). The molecule has 1 aromatic heterocycles. The second kappa shape index (κ2) is 6.71. The summed E-state index contributed by atoms with van der Waals surface area (Å²) in [5.74, 6) is 1.56. The topological polar surface area (TPSA) is 34.2 Å². The van der Waals surface area contributed by atoms with Gasteiger partial charge in [0.25, 0.3) is 0 Å². The van der Waals surface area contributed by atoms with Crippen molar-refractivity contribution in [3.8, 4) is 0 Å². The number of ether oxygens (including phenoxy) is 1. The molecule has 0 aliphatic carbocycles. The van der Waals surface area contributed by atoms with Crippen LogP contribution in [0.4, 0.5) is 5.82 Å². The SMILES string of the molecule is CNc1nc2ccccc2cc1COC(C)CC(C)C. The first-order valence-electron chi connectivity index (χ1n) is 7.28. The van der Waals surface area contributed by atoms with E-state index in [-0.39, 0.29) is 6.10 Å². The van der Waals surface area contributed by atoms with Crippen molar-refractivity contribution in [3.05, 3.63) is 35.9 Å². The fourth-order valence-corrected chi connectivity index (χ4v) is 2.45. The minimum absolute atomic E-state index is 0.270. The van der Waals surface area contributed by atoms with Gasteiger partial charge in [0.05, 0.1) is 18.2 Å². The summed E-state index contributed by atoms with van der Waals surface area (Å²) in [6, 6.07) is 10.3. The van der Waals surface area contributed by atoms with Crippen LogP contribution in [0.25, 0.3) is 10.9 Å². The lowest BCUT2D eigenvalue weighted by Gasteiger charge is -2.17. The maximum absolute atomic E-state index is 5.95. The van der Waals surface area contributed by atoms with E-state index in [4.69, 9.17) is 4.74 Å². The molecule has 3 nitrogen and oxygen atoms in total. The summed E-state index contributed by atoms with van der Waals surface area (Å²) in [6.45, 7) is 7.17. The predicted octanol–water partition coefficient (Wildman–Crippen LogP) is 4.23. The first-order chi connectivity index (χ1) is 9.60. The van der Waals surface area contributed by atoms with Crippen LogP contribution in [-0.4, -0.2) is 18.1 Å². The Bertz CT molecular complexity index is 566. The fraction of sp³-hybridized carbons (Fsp3) is 0.471. The van der Waals surface area contributed by atoms with Gasteiger partial charge in [0.1, 0.15) is 5.82 Å². The quantitative estimate of drug-likeness (QED) is 0.854. The van der Waals surface area contributed by atoms with Crippen molar-refractivity contribution in [2.75, 3.05) is 12.4 Å². The summed E-state index contributed by atoms with van der Waals surface area (Å²) in [6.07, 6.45) is 1.35. The number of aromatic nitrogens is 1. The molecule has 0 radical (unpaired) electrons. The molecule has 0 aliphatic heterocycles. The van der Waals surface area contributed by atoms with Gasteiger partial charge >= 0.3 is 0 Å². The molecule has 0 bridgehead atoms. The molecule has 0 aliphatic rings. The van der Waals surface area contributed by atoms with Crippen LogP contribution in [0.5, 0.6) is 0 Å². The average Bonchev–Trinajstić information content (AvgIpc) is 2.43. The summed E-state index contributed by atoms with van der Waals surface area (Å²) in [5, 5.41) is 4.32. The van der Waals surface area contributed by atoms with Crippen molar-refractivity contribution < 1.29 is 4.74 Å². The number of nitrogens with zero attached hydrogens (tertiary/aromatic N) is 1. The Hall–Kier alpha value is -1.61. The summed E-state index contributed by atoms with van der Waals surface area (Å²) >= 11 is 0. The highest BCUT2D eigenvalue weighted by Crippen LogP contribution is 2.22. The highest BCUT2D eigenvalue weighted by atomic mass is 16.5. The molecule has 1 N–H and O–H groups in total. The Morgan fingerprint density at radius 2 is 1.95 bits per heavy atom. The molecule has 1 unspecified atom stereocenters. The highest BCUT2D eigenvalue weighted by Gasteiger charge is 2.09. The normalized spacial score (nSPS) is 12.8. The Morgan fingerprint density at radius 3 is 2.65 bits per heavy atom. The second-order valence-electron chi connectivity index (χ2n) is 5.69. The minimum Gasteiger partial charge on any atom is -0.374 e. The zero-order chi connectivity index (χ0) is 14.5. The van der Waals surface area contributed by atoms with Crippen LogP contribution < -0.4 is 5.32 Å². The molecule has 108 valence electrons. The molecule has 0 saturated heterocycles. The number of anilines is 1. The second-order valence-corrected chi connectivity index (χ2v) is 5.69. The van der Waals surface area contributed by atoms with Gasteiger partial charge in [-0.1, -0.05) is 32.0 Å². The third-order valence-electron chi connectivity index (χ3n) is 3.37. The van der Waals surface area contributed by atoms with Crippen molar-refractivity contribution in [1.29, 1.82) is 0 Å². The molecule has 1 atom stereocenters. The van der Waals surface area contributed by atoms with E-state index in [0.717, 1.165) is 28.7 Å². The van der Waals surface area contributed by atoms with Gasteiger partial charge in [-0.05, 0) is 31.4 Å². The standard InChI is InChI=1S/C17H24N2O/c1-12(2)9-13(3)20-11-15-10-14-7-5-6-8-16(14)19-17(15)18-4/h5-8,10,12-13H,9,11H2,1-4H3,(H,18,19). The van der Waals surface area contributed by atoms with E-state index in [2.05, 4.69) is 43.2 Å². The summed E-state index contributed by atoms with van der Waals surface area (Å²) in [4.78, 5) is 4.64. The third-order valence-corrected chi connectivity index (χ3v) is 3.37. The maximum Gasteiger partial charge on any atom is 0.131 e. The number of hydrogen-bond acceptors (Lipinski definition) is 3. The van der Waals surface area contributed by atoms with Crippen LogP contribution in [0.15, 0.2) is 30.3 Å². The molecule has 0 amide bonds. The summed E-state index contributed by atoms with van der Waals surface area (Å²) in [7, 11) is 1.90. The molecule has 0 spiro atoms. The first-order valence-corrected chi connectivity index (χ1v) is 7.28. The van der Waals surface area contributed by atoms with Crippen LogP contribution in [0.1, 0.15) is 32.8 Å². The van der Waals surface area contributed by atoms with E-state index in [1.54, 1.807) is 0 Å². The number of pyridine rings is 1. The molecule has 2 aromatic rings. The van der Waals surface area contributed by atoms with Crippen molar-refractivity contribution in [2.45, 2.75) is 39.9 Å². The van der Waals surface area contributed by atoms with Gasteiger partial charge in [0, 0.05) is 18.0 Å². The van der Waals surface area contributed by atoms with Crippen LogP contribution >= 0.6 is 0 Å². The Balaban J connectivity index is 2.16. The molecule has 0 saturated carbocycles. The van der Waals surface area contributed by atoms with Gasteiger partial charge in [0.15, 0.2) is 0 Å². The van der Waals surface area contributed by atoms with Gasteiger partial charge in [-0.3, -0.25) is 0 Å². The van der Waals surface area contributed by atoms with Crippen LogP contribution in [0, 0.1) is 5.92 Å². The van der Waals surface area contributed by atoms with Crippen LogP contribution in [-0.2, 0) is 11.3 Å². The Kier molecular flexibility index (Phi) is 4.96. The molecule has 20 heavy (non-hydrogen) atoms.